The van der Waals surface area contributed by atoms with E-state index in [9.17, 15) is 9.18 Å². The zero-order valence-corrected chi connectivity index (χ0v) is 10.9. The molecule has 0 aliphatic carbocycles. The molecular weight excluding hydrogens is 249 g/mol. The van der Waals surface area contributed by atoms with Crippen molar-refractivity contribution in [1.29, 1.82) is 0 Å². The van der Waals surface area contributed by atoms with Gasteiger partial charge < -0.3 is 14.6 Å². The van der Waals surface area contributed by atoms with Crippen LogP contribution in [0.15, 0.2) is 23.2 Å². The Hall–Kier alpha value is -2.37. The number of esters is 1. The van der Waals surface area contributed by atoms with Crippen LogP contribution in [0.2, 0.25) is 0 Å². The number of rotatable bonds is 3. The van der Waals surface area contributed by atoms with Crippen LogP contribution in [0.4, 0.5) is 10.1 Å². The predicted octanol–water partition coefficient (Wildman–Crippen LogP) is 2.32. The largest absolute Gasteiger partial charge is 0.464 e. The van der Waals surface area contributed by atoms with E-state index in [0.717, 1.165) is 0 Å². The Bertz CT molecular complexity index is 647. The quantitative estimate of drug-likeness (QED) is 0.525. The molecule has 19 heavy (non-hydrogen) atoms. The summed E-state index contributed by atoms with van der Waals surface area (Å²) in [6, 6.07) is 4.21. The topological polar surface area (TPSA) is 57.7 Å². The lowest BCUT2D eigenvalue weighted by Crippen LogP contribution is -2.07. The fourth-order valence-corrected chi connectivity index (χ4v) is 1.71. The van der Waals surface area contributed by atoms with Crippen LogP contribution < -0.4 is 0 Å². The van der Waals surface area contributed by atoms with Gasteiger partial charge in [0.05, 0.1) is 13.4 Å². The van der Waals surface area contributed by atoms with Crippen molar-refractivity contribution < 1.29 is 13.9 Å². The van der Waals surface area contributed by atoms with E-state index < -0.39 is 5.97 Å². The third kappa shape index (κ3) is 2.57. The average Bonchev–Trinajstić information content (AvgIpc) is 2.73. The Kier molecular flexibility index (Phi) is 3.50. The van der Waals surface area contributed by atoms with Gasteiger partial charge in [-0.15, -0.1) is 0 Å². The molecule has 0 bridgehead atoms. The number of methoxy groups -OCH3 is 1. The molecular formula is C13H14FN3O2. The minimum atomic E-state index is -0.539. The second-order valence-corrected chi connectivity index (χ2v) is 4.24. The Balaban J connectivity index is 2.66. The molecule has 0 unspecified atom stereocenters. The second-order valence-electron chi connectivity index (χ2n) is 4.24. The van der Waals surface area contributed by atoms with Crippen LogP contribution in [0.25, 0.3) is 10.9 Å². The average molecular weight is 263 g/mol. The van der Waals surface area contributed by atoms with E-state index in [4.69, 9.17) is 4.74 Å². The summed E-state index contributed by atoms with van der Waals surface area (Å²) in [7, 11) is 4.89. The fourth-order valence-electron chi connectivity index (χ4n) is 1.71. The number of ether oxygens (including phenoxy) is 1. The number of benzene rings is 1. The number of nitrogens with one attached hydrogen (secondary N) is 1. The highest BCUT2D eigenvalue weighted by atomic mass is 19.1. The van der Waals surface area contributed by atoms with E-state index in [1.54, 1.807) is 31.4 Å². The van der Waals surface area contributed by atoms with Crippen LogP contribution in [-0.4, -0.2) is 43.4 Å². The normalized spacial score (nSPS) is 11.2. The zero-order valence-electron chi connectivity index (χ0n) is 10.9. The van der Waals surface area contributed by atoms with Crippen LogP contribution >= 0.6 is 0 Å². The van der Waals surface area contributed by atoms with Gasteiger partial charge in [0, 0.05) is 25.0 Å². The Morgan fingerprint density at radius 2 is 2.21 bits per heavy atom. The van der Waals surface area contributed by atoms with Gasteiger partial charge in [-0.1, -0.05) is 0 Å². The summed E-state index contributed by atoms with van der Waals surface area (Å²) in [5.74, 6) is -0.924. The van der Waals surface area contributed by atoms with Gasteiger partial charge in [0.15, 0.2) is 5.69 Å². The molecule has 2 aromatic rings. The summed E-state index contributed by atoms with van der Waals surface area (Å²) in [6.45, 7) is 0. The van der Waals surface area contributed by atoms with Crippen molar-refractivity contribution in [2.45, 2.75) is 0 Å². The van der Waals surface area contributed by atoms with Gasteiger partial charge in [-0.2, -0.15) is 0 Å². The van der Waals surface area contributed by atoms with Gasteiger partial charge in [-0.25, -0.2) is 14.2 Å². The number of hydrogen-bond donors (Lipinski definition) is 1. The van der Waals surface area contributed by atoms with Crippen molar-refractivity contribution in [3.8, 4) is 0 Å². The summed E-state index contributed by atoms with van der Waals surface area (Å²) < 4.78 is 18.0. The summed E-state index contributed by atoms with van der Waals surface area (Å²) in [6.07, 6.45) is 1.54. The van der Waals surface area contributed by atoms with Crippen molar-refractivity contribution in [1.82, 2.24) is 9.88 Å². The third-order valence-corrected chi connectivity index (χ3v) is 2.54. The van der Waals surface area contributed by atoms with E-state index in [0.29, 0.717) is 16.6 Å². The lowest BCUT2D eigenvalue weighted by Gasteiger charge is -2.03. The number of halogens is 1. The molecule has 1 aromatic heterocycles. The molecule has 0 aliphatic rings. The Morgan fingerprint density at radius 1 is 1.47 bits per heavy atom. The van der Waals surface area contributed by atoms with Crippen molar-refractivity contribution in [2.75, 3.05) is 21.2 Å². The maximum Gasteiger partial charge on any atom is 0.356 e. The smallest absolute Gasteiger partial charge is 0.356 e. The summed E-state index contributed by atoms with van der Waals surface area (Å²) >= 11 is 0. The van der Waals surface area contributed by atoms with Crippen LogP contribution in [0, 0.1) is 5.82 Å². The SMILES string of the molecule is COC(=O)c1[nH]c2ccc(F)cc2c1N=CN(C)C. The summed E-state index contributed by atoms with van der Waals surface area (Å²) in [4.78, 5) is 20.5. The first-order chi connectivity index (χ1) is 9.02. The number of carbonyl (C=O) groups is 1. The lowest BCUT2D eigenvalue weighted by atomic mass is 10.2. The van der Waals surface area contributed by atoms with Gasteiger partial charge in [0.2, 0.25) is 0 Å². The first kappa shape index (κ1) is 13.1. The number of aromatic amines is 1. The molecule has 0 fully saturated rings. The molecule has 0 aliphatic heterocycles. The van der Waals surface area contributed by atoms with Crippen molar-refractivity contribution in [3.63, 3.8) is 0 Å². The molecule has 0 saturated carbocycles. The number of nitrogens with zero attached hydrogens (tertiary/aromatic N) is 2. The molecule has 0 atom stereocenters. The molecule has 1 N–H and O–H groups in total. The molecule has 0 amide bonds. The van der Waals surface area contributed by atoms with Crippen molar-refractivity contribution >= 4 is 28.9 Å². The number of hydrogen-bond acceptors (Lipinski definition) is 3. The fraction of sp³-hybridized carbons (Fsp3) is 0.231. The van der Waals surface area contributed by atoms with Crippen molar-refractivity contribution in [2.24, 2.45) is 4.99 Å². The highest BCUT2D eigenvalue weighted by molar-refractivity contribution is 6.05. The van der Waals surface area contributed by atoms with E-state index in [-0.39, 0.29) is 11.5 Å². The first-order valence-electron chi connectivity index (χ1n) is 5.63. The molecule has 2 rings (SSSR count). The number of H-pyrrole nitrogens is 1. The monoisotopic (exact) mass is 263 g/mol. The van der Waals surface area contributed by atoms with E-state index in [2.05, 4.69) is 9.98 Å². The molecule has 1 heterocycles. The third-order valence-electron chi connectivity index (χ3n) is 2.54. The van der Waals surface area contributed by atoms with E-state index >= 15 is 0 Å². The Labute approximate surface area is 109 Å². The van der Waals surface area contributed by atoms with Gasteiger partial charge >= 0.3 is 5.97 Å². The second kappa shape index (κ2) is 5.09. The molecule has 0 spiro atoms. The van der Waals surface area contributed by atoms with E-state index in [1.165, 1.54) is 19.2 Å². The van der Waals surface area contributed by atoms with Gasteiger partial charge in [-0.05, 0) is 18.2 Å². The predicted molar refractivity (Wildman–Crippen MR) is 71.4 cm³/mol. The Morgan fingerprint density at radius 3 is 2.84 bits per heavy atom. The van der Waals surface area contributed by atoms with Crippen LogP contribution in [0.3, 0.4) is 0 Å². The molecule has 6 heteroatoms. The molecule has 0 radical (unpaired) electrons. The maximum absolute atomic E-state index is 13.3. The number of aliphatic imine (C=N–C) groups is 1. The van der Waals surface area contributed by atoms with Crippen molar-refractivity contribution in [3.05, 3.63) is 29.7 Å². The lowest BCUT2D eigenvalue weighted by molar-refractivity contribution is 0.0596. The zero-order chi connectivity index (χ0) is 14.0. The van der Waals surface area contributed by atoms with Crippen LogP contribution in [-0.2, 0) is 4.74 Å². The minimum Gasteiger partial charge on any atom is -0.464 e. The number of fused-ring (bicyclic) bond motifs is 1. The number of carbonyl (C=O) groups excluding carboxylic acids is 1. The first-order valence-corrected chi connectivity index (χ1v) is 5.63. The summed E-state index contributed by atoms with van der Waals surface area (Å²) in [5, 5.41) is 0.540. The van der Waals surface area contributed by atoms with Crippen LogP contribution in [0.5, 0.6) is 0 Å². The standard InChI is InChI=1S/C13H14FN3O2/c1-17(2)7-15-11-9-6-8(14)4-5-10(9)16-12(11)13(18)19-3/h4-7,16H,1-3H3. The molecule has 0 saturated heterocycles. The van der Waals surface area contributed by atoms with Crippen LogP contribution in [0.1, 0.15) is 10.5 Å². The van der Waals surface area contributed by atoms with Gasteiger partial charge in [0.25, 0.3) is 0 Å². The van der Waals surface area contributed by atoms with E-state index in [1.807, 2.05) is 0 Å². The number of aromatic nitrogens is 1. The summed E-state index contributed by atoms with van der Waals surface area (Å²) in [5.41, 5.74) is 1.21. The highest BCUT2D eigenvalue weighted by Gasteiger charge is 2.18. The van der Waals surface area contributed by atoms with Gasteiger partial charge in [-0.3, -0.25) is 0 Å². The maximum atomic E-state index is 13.3. The molecule has 100 valence electrons. The minimum absolute atomic E-state index is 0.209. The molecule has 5 nitrogen and oxygen atoms in total. The van der Waals surface area contributed by atoms with Gasteiger partial charge in [0.1, 0.15) is 11.5 Å². The highest BCUT2D eigenvalue weighted by Crippen LogP contribution is 2.31. The molecule has 1 aromatic carbocycles.